The molecule has 0 N–H and O–H groups in total. The molecule has 0 bridgehead atoms. The van der Waals surface area contributed by atoms with Gasteiger partial charge in [-0.3, -0.25) is 0 Å². The first-order chi connectivity index (χ1) is 11.4. The molecule has 3 aromatic carbocycles. The van der Waals surface area contributed by atoms with E-state index in [4.69, 9.17) is 0 Å². The lowest BCUT2D eigenvalue weighted by atomic mass is 9.59. The molecule has 0 aromatic heterocycles. The van der Waals surface area contributed by atoms with Crippen LogP contribution in [0, 0.1) is 6.92 Å². The SMILES string of the molecule is Bc1c(B)c(B)c(-c2cccc(-c3ccccc3)c2C)c(B)c1B. The Balaban J connectivity index is 2.30. The van der Waals surface area contributed by atoms with Crippen LogP contribution in [0.4, 0.5) is 0 Å². The summed E-state index contributed by atoms with van der Waals surface area (Å²) in [4.78, 5) is 0. The van der Waals surface area contributed by atoms with Crippen LogP contribution in [0.15, 0.2) is 48.5 Å². The van der Waals surface area contributed by atoms with E-state index in [0.29, 0.717) is 0 Å². The Bertz CT molecular complexity index is 888. The van der Waals surface area contributed by atoms with Crippen LogP contribution in [0.5, 0.6) is 0 Å². The standard InChI is InChI=1S/C19H21B5/c1-10-12(11-6-3-2-4-7-11)8-5-9-13(10)14-15(20)17(22)19(24)18(23)16(14)21/h2-9H,20-24H2,1H3. The van der Waals surface area contributed by atoms with Crippen molar-refractivity contribution >= 4 is 66.5 Å². The highest BCUT2D eigenvalue weighted by atomic mass is 14.2. The first kappa shape index (κ1) is 16.8. The van der Waals surface area contributed by atoms with Crippen LogP contribution in [0.1, 0.15) is 5.56 Å². The van der Waals surface area contributed by atoms with Crippen molar-refractivity contribution in [1.29, 1.82) is 0 Å². The van der Waals surface area contributed by atoms with Gasteiger partial charge in [-0.25, -0.2) is 0 Å². The quantitative estimate of drug-likeness (QED) is 0.434. The summed E-state index contributed by atoms with van der Waals surface area (Å²) in [7, 11) is 11.3. The second-order valence-corrected chi connectivity index (χ2v) is 6.84. The van der Waals surface area contributed by atoms with Crippen LogP contribution in [-0.4, -0.2) is 39.2 Å². The minimum absolute atomic E-state index is 1.28. The molecule has 0 unspecified atom stereocenters. The van der Waals surface area contributed by atoms with E-state index in [2.05, 4.69) is 94.7 Å². The van der Waals surface area contributed by atoms with E-state index < -0.39 is 0 Å². The van der Waals surface area contributed by atoms with Gasteiger partial charge in [0.1, 0.15) is 39.2 Å². The lowest BCUT2D eigenvalue weighted by Crippen LogP contribution is -2.55. The van der Waals surface area contributed by atoms with Gasteiger partial charge >= 0.3 is 0 Å². The fraction of sp³-hybridized carbons (Fsp3) is 0.0526. The monoisotopic (exact) mass is 304 g/mol. The average molecular weight is 303 g/mol. The first-order valence-electron chi connectivity index (χ1n) is 8.65. The van der Waals surface area contributed by atoms with Gasteiger partial charge in [-0.2, -0.15) is 0 Å². The minimum Gasteiger partial charge on any atom is -0.102 e. The first-order valence-corrected chi connectivity index (χ1v) is 8.65. The normalized spacial score (nSPS) is 10.7. The Kier molecular flexibility index (Phi) is 4.54. The summed E-state index contributed by atoms with van der Waals surface area (Å²) in [5.74, 6) is 0. The zero-order valence-electron chi connectivity index (χ0n) is 15.6. The van der Waals surface area contributed by atoms with E-state index in [1.54, 1.807) is 0 Å². The van der Waals surface area contributed by atoms with Gasteiger partial charge in [0.05, 0.1) is 0 Å². The lowest BCUT2D eigenvalue weighted by molar-refractivity contribution is 1.46. The van der Waals surface area contributed by atoms with E-state index in [0.717, 1.165) is 0 Å². The van der Waals surface area contributed by atoms with E-state index in [1.165, 1.54) is 55.1 Å². The Morgan fingerprint density at radius 1 is 0.542 bits per heavy atom. The number of hydrogen-bond donors (Lipinski definition) is 0. The molecule has 0 saturated carbocycles. The second kappa shape index (κ2) is 6.47. The van der Waals surface area contributed by atoms with Crippen molar-refractivity contribution < 1.29 is 0 Å². The maximum atomic E-state index is 2.27. The predicted octanol–water partition coefficient (Wildman–Crippen LogP) is -3.38. The maximum absolute atomic E-state index is 2.27. The van der Waals surface area contributed by atoms with Gasteiger partial charge in [-0.15, -0.1) is 16.4 Å². The fourth-order valence-electron chi connectivity index (χ4n) is 3.74. The lowest BCUT2D eigenvalue weighted by Gasteiger charge is -2.22. The molecule has 24 heavy (non-hydrogen) atoms. The van der Waals surface area contributed by atoms with Crippen molar-refractivity contribution in [2.24, 2.45) is 0 Å². The Hall–Kier alpha value is -2.02. The molecule has 0 spiro atoms. The molecule has 0 radical (unpaired) electrons. The third kappa shape index (κ3) is 2.67. The number of benzene rings is 3. The molecule has 3 rings (SSSR count). The molecule has 0 aliphatic rings. The van der Waals surface area contributed by atoms with Crippen molar-refractivity contribution in [3.8, 4) is 22.3 Å². The highest BCUT2D eigenvalue weighted by Gasteiger charge is 2.15. The zero-order chi connectivity index (χ0) is 17.4. The largest absolute Gasteiger partial charge is 0.139 e. The molecule has 3 aromatic rings. The number of rotatable bonds is 2. The summed E-state index contributed by atoms with van der Waals surface area (Å²) in [5.41, 5.74) is 13.8. The van der Waals surface area contributed by atoms with Gasteiger partial charge < -0.3 is 0 Å². The molecule has 0 heterocycles. The smallest absolute Gasteiger partial charge is 0.102 e. The predicted molar refractivity (Wildman–Crippen MR) is 123 cm³/mol. The average Bonchev–Trinajstić information content (AvgIpc) is 2.60. The molecule has 5 heteroatoms. The molecule has 0 aliphatic heterocycles. The molecule has 112 valence electrons. The van der Waals surface area contributed by atoms with E-state index in [1.807, 2.05) is 0 Å². The van der Waals surface area contributed by atoms with Crippen molar-refractivity contribution in [3.05, 3.63) is 54.1 Å². The summed E-state index contributed by atoms with van der Waals surface area (Å²) in [6.45, 7) is 2.25. The van der Waals surface area contributed by atoms with E-state index in [-0.39, 0.29) is 0 Å². The molecular formula is C19H21B5. The van der Waals surface area contributed by atoms with Gasteiger partial charge in [-0.05, 0) is 34.7 Å². The second-order valence-electron chi connectivity index (χ2n) is 6.84. The van der Waals surface area contributed by atoms with Gasteiger partial charge in [-0.1, -0.05) is 59.5 Å². The van der Waals surface area contributed by atoms with Gasteiger partial charge in [0.15, 0.2) is 0 Å². The summed E-state index contributed by atoms with van der Waals surface area (Å²) >= 11 is 0. The van der Waals surface area contributed by atoms with Crippen LogP contribution in [0.2, 0.25) is 0 Å². The highest BCUT2D eigenvalue weighted by molar-refractivity contribution is 6.68. The van der Waals surface area contributed by atoms with Crippen LogP contribution < -0.4 is 27.3 Å². The fourth-order valence-corrected chi connectivity index (χ4v) is 3.74. The summed E-state index contributed by atoms with van der Waals surface area (Å²) < 4.78 is 0. The minimum atomic E-state index is 1.28. The highest BCUT2D eigenvalue weighted by Crippen LogP contribution is 2.29. The third-order valence-corrected chi connectivity index (χ3v) is 5.69. The van der Waals surface area contributed by atoms with Crippen molar-refractivity contribution in [2.75, 3.05) is 0 Å². The number of hydrogen-bond acceptors (Lipinski definition) is 0. The van der Waals surface area contributed by atoms with E-state index in [9.17, 15) is 0 Å². The van der Waals surface area contributed by atoms with Crippen LogP contribution in [0.3, 0.4) is 0 Å². The van der Waals surface area contributed by atoms with Gasteiger partial charge in [0.25, 0.3) is 0 Å². The Morgan fingerprint density at radius 3 is 1.62 bits per heavy atom. The Labute approximate surface area is 150 Å². The molecule has 0 saturated heterocycles. The third-order valence-electron chi connectivity index (χ3n) is 5.69. The summed E-state index contributed by atoms with van der Waals surface area (Å²) in [5, 5.41) is 0. The van der Waals surface area contributed by atoms with E-state index >= 15 is 0 Å². The topological polar surface area (TPSA) is 0 Å². The van der Waals surface area contributed by atoms with Crippen LogP contribution in [-0.2, 0) is 0 Å². The van der Waals surface area contributed by atoms with Gasteiger partial charge in [0, 0.05) is 0 Å². The molecule has 0 atom stereocenters. The molecule has 0 aliphatic carbocycles. The summed E-state index contributed by atoms with van der Waals surface area (Å²) in [6, 6.07) is 17.4. The molecular weight excluding hydrogens is 282 g/mol. The van der Waals surface area contributed by atoms with Crippen molar-refractivity contribution in [2.45, 2.75) is 6.92 Å². The molecule has 0 nitrogen and oxygen atoms in total. The van der Waals surface area contributed by atoms with Crippen molar-refractivity contribution in [3.63, 3.8) is 0 Å². The summed E-state index contributed by atoms with van der Waals surface area (Å²) in [6.07, 6.45) is 0. The maximum Gasteiger partial charge on any atom is 0.139 e. The van der Waals surface area contributed by atoms with Crippen molar-refractivity contribution in [1.82, 2.24) is 0 Å². The van der Waals surface area contributed by atoms with Crippen LogP contribution in [0.25, 0.3) is 22.3 Å². The molecule has 0 amide bonds. The Morgan fingerprint density at radius 2 is 1.04 bits per heavy atom. The molecule has 0 fully saturated rings. The van der Waals surface area contributed by atoms with Gasteiger partial charge in [0.2, 0.25) is 0 Å². The van der Waals surface area contributed by atoms with Crippen LogP contribution >= 0.6 is 0 Å². The zero-order valence-corrected chi connectivity index (χ0v) is 15.6.